The van der Waals surface area contributed by atoms with Gasteiger partial charge in [0.15, 0.2) is 6.61 Å². The monoisotopic (exact) mass is 395 g/mol. The van der Waals surface area contributed by atoms with Crippen molar-refractivity contribution >= 4 is 23.5 Å². The molecule has 0 radical (unpaired) electrons. The van der Waals surface area contributed by atoms with Crippen LogP contribution in [0.2, 0.25) is 0 Å². The second-order valence-corrected chi connectivity index (χ2v) is 7.46. The Labute approximate surface area is 167 Å². The van der Waals surface area contributed by atoms with Crippen LogP contribution in [0.25, 0.3) is 5.69 Å². The number of thioether (sulfide) groups is 1. The maximum absolute atomic E-state index is 12.6. The van der Waals surface area contributed by atoms with Crippen molar-refractivity contribution in [2.75, 3.05) is 19.0 Å². The Kier molecular flexibility index (Phi) is 5.25. The van der Waals surface area contributed by atoms with E-state index in [0.717, 1.165) is 45.6 Å². The minimum atomic E-state index is -0.217. The number of hydrogen-bond donors (Lipinski definition) is 1. The summed E-state index contributed by atoms with van der Waals surface area (Å²) >= 11 is 1.80. The summed E-state index contributed by atoms with van der Waals surface area (Å²) in [5.74, 6) is 3.58. The lowest BCUT2D eigenvalue weighted by molar-refractivity contribution is -0.118. The first kappa shape index (κ1) is 18.4. The molecule has 0 fully saturated rings. The zero-order valence-electron chi connectivity index (χ0n) is 15.8. The van der Waals surface area contributed by atoms with Gasteiger partial charge in [-0.1, -0.05) is 18.2 Å². The lowest BCUT2D eigenvalue weighted by atomic mass is 10.2. The summed E-state index contributed by atoms with van der Waals surface area (Å²) in [6.45, 7) is 1.96. The Morgan fingerprint density at radius 1 is 1.14 bits per heavy atom. The Balaban J connectivity index is 1.52. The van der Waals surface area contributed by atoms with Crippen molar-refractivity contribution in [1.82, 2.24) is 9.78 Å². The molecule has 0 spiro atoms. The van der Waals surface area contributed by atoms with E-state index in [1.807, 2.05) is 35.9 Å². The zero-order chi connectivity index (χ0) is 19.5. The van der Waals surface area contributed by atoms with Gasteiger partial charge in [-0.05, 0) is 42.8 Å². The maximum Gasteiger partial charge on any atom is 0.263 e. The van der Waals surface area contributed by atoms with Crippen LogP contribution in [0.5, 0.6) is 11.5 Å². The van der Waals surface area contributed by atoms with Crippen LogP contribution in [0.15, 0.2) is 48.5 Å². The van der Waals surface area contributed by atoms with Gasteiger partial charge in [0.2, 0.25) is 0 Å². The molecule has 2 aromatic carbocycles. The summed E-state index contributed by atoms with van der Waals surface area (Å²) < 4.78 is 12.6. The van der Waals surface area contributed by atoms with Crippen LogP contribution in [0.3, 0.4) is 0 Å². The average molecular weight is 395 g/mol. The molecule has 4 rings (SSSR count). The molecule has 1 N–H and O–H groups in total. The second-order valence-electron chi connectivity index (χ2n) is 6.48. The lowest BCUT2D eigenvalue weighted by Gasteiger charge is -2.13. The number of benzene rings is 2. The van der Waals surface area contributed by atoms with E-state index in [9.17, 15) is 4.79 Å². The van der Waals surface area contributed by atoms with E-state index in [1.54, 1.807) is 43.1 Å². The van der Waals surface area contributed by atoms with Crippen molar-refractivity contribution in [2.24, 2.45) is 0 Å². The summed E-state index contributed by atoms with van der Waals surface area (Å²) in [4.78, 5) is 12.6. The number of aryl methyl sites for hydroxylation is 1. The summed E-state index contributed by atoms with van der Waals surface area (Å²) in [6, 6.07) is 15.2. The van der Waals surface area contributed by atoms with E-state index < -0.39 is 0 Å². The molecule has 0 aliphatic carbocycles. The van der Waals surface area contributed by atoms with Crippen LogP contribution in [-0.4, -0.2) is 29.4 Å². The van der Waals surface area contributed by atoms with Crippen LogP contribution in [0.4, 0.5) is 5.82 Å². The first-order chi connectivity index (χ1) is 13.7. The number of nitrogens with one attached hydrogen (secondary N) is 1. The predicted octanol–water partition coefficient (Wildman–Crippen LogP) is 3.95. The van der Waals surface area contributed by atoms with Gasteiger partial charge in [0, 0.05) is 17.1 Å². The van der Waals surface area contributed by atoms with Gasteiger partial charge in [0.05, 0.1) is 18.5 Å². The quantitative estimate of drug-likeness (QED) is 0.685. The number of anilines is 1. The Morgan fingerprint density at radius 3 is 2.64 bits per heavy atom. The molecule has 0 saturated heterocycles. The molecule has 0 unspecified atom stereocenters. The fourth-order valence-electron chi connectivity index (χ4n) is 3.11. The lowest BCUT2D eigenvalue weighted by Crippen LogP contribution is -2.22. The highest BCUT2D eigenvalue weighted by Gasteiger charge is 2.25. The normalized spacial score (nSPS) is 12.5. The Hall–Kier alpha value is -2.93. The number of carbonyl (C=O) groups excluding carboxylic acids is 1. The van der Waals surface area contributed by atoms with Gasteiger partial charge >= 0.3 is 0 Å². The molecule has 144 valence electrons. The molecule has 2 heterocycles. The van der Waals surface area contributed by atoms with E-state index in [0.29, 0.717) is 5.75 Å². The number of rotatable bonds is 6. The first-order valence-electron chi connectivity index (χ1n) is 8.97. The number of aromatic nitrogens is 2. The number of methoxy groups -OCH3 is 1. The number of nitrogens with zero attached hydrogens (tertiary/aromatic N) is 2. The number of fused-ring (bicyclic) bond motifs is 1. The molecule has 1 amide bonds. The van der Waals surface area contributed by atoms with Crippen molar-refractivity contribution in [3.8, 4) is 17.2 Å². The Morgan fingerprint density at radius 2 is 1.89 bits per heavy atom. The van der Waals surface area contributed by atoms with Crippen molar-refractivity contribution in [3.05, 3.63) is 65.4 Å². The molecule has 0 saturated carbocycles. The smallest absolute Gasteiger partial charge is 0.263 e. The number of ether oxygens (including phenoxy) is 2. The van der Waals surface area contributed by atoms with E-state index >= 15 is 0 Å². The summed E-state index contributed by atoms with van der Waals surface area (Å²) in [5.41, 5.74) is 4.18. The molecule has 0 atom stereocenters. The van der Waals surface area contributed by atoms with Gasteiger partial charge < -0.3 is 14.8 Å². The highest BCUT2D eigenvalue weighted by molar-refractivity contribution is 7.98. The van der Waals surface area contributed by atoms with Gasteiger partial charge in [-0.2, -0.15) is 16.9 Å². The van der Waals surface area contributed by atoms with Crippen molar-refractivity contribution in [2.45, 2.75) is 18.4 Å². The molecule has 1 aromatic heterocycles. The average Bonchev–Trinajstić information content (AvgIpc) is 3.30. The molecule has 6 nitrogen and oxygen atoms in total. The molecule has 7 heteroatoms. The van der Waals surface area contributed by atoms with Gasteiger partial charge in [0.25, 0.3) is 5.91 Å². The first-order valence-corrected chi connectivity index (χ1v) is 10.1. The molecular weight excluding hydrogens is 374 g/mol. The largest absolute Gasteiger partial charge is 0.497 e. The van der Waals surface area contributed by atoms with Crippen LogP contribution in [-0.2, 0) is 16.3 Å². The summed E-state index contributed by atoms with van der Waals surface area (Å²) in [7, 11) is 1.61. The predicted molar refractivity (Wildman–Crippen MR) is 110 cm³/mol. The van der Waals surface area contributed by atoms with Gasteiger partial charge in [0.1, 0.15) is 17.3 Å². The maximum atomic E-state index is 12.6. The second kappa shape index (κ2) is 7.98. The number of hydrogen-bond acceptors (Lipinski definition) is 5. The Bertz CT molecular complexity index is 999. The van der Waals surface area contributed by atoms with Gasteiger partial charge in [-0.3, -0.25) is 4.79 Å². The number of para-hydroxylation sites is 1. The van der Waals surface area contributed by atoms with E-state index in [-0.39, 0.29) is 12.5 Å². The van der Waals surface area contributed by atoms with E-state index in [1.165, 1.54) is 0 Å². The fraction of sp³-hybridized carbons (Fsp3) is 0.238. The highest BCUT2D eigenvalue weighted by atomic mass is 32.2. The van der Waals surface area contributed by atoms with Crippen LogP contribution in [0.1, 0.15) is 16.8 Å². The van der Waals surface area contributed by atoms with Crippen molar-refractivity contribution in [1.29, 1.82) is 0 Å². The summed E-state index contributed by atoms with van der Waals surface area (Å²) in [5, 5.41) is 7.75. The summed E-state index contributed by atoms with van der Waals surface area (Å²) in [6.07, 6.45) is 0. The third-order valence-electron chi connectivity index (χ3n) is 4.58. The van der Waals surface area contributed by atoms with Crippen molar-refractivity contribution in [3.63, 3.8) is 0 Å². The fourth-order valence-corrected chi connectivity index (χ4v) is 4.14. The van der Waals surface area contributed by atoms with Crippen LogP contribution in [0, 0.1) is 6.92 Å². The molecule has 3 aromatic rings. The molecule has 0 bridgehead atoms. The third kappa shape index (κ3) is 3.71. The van der Waals surface area contributed by atoms with Crippen molar-refractivity contribution < 1.29 is 14.3 Å². The minimum Gasteiger partial charge on any atom is -0.497 e. The third-order valence-corrected chi connectivity index (χ3v) is 5.55. The van der Waals surface area contributed by atoms with E-state index in [2.05, 4.69) is 5.32 Å². The van der Waals surface area contributed by atoms with E-state index in [4.69, 9.17) is 14.6 Å². The minimum absolute atomic E-state index is 0.0762. The molecular formula is C21H21N3O3S. The SMILES string of the molecule is COc1ccc(OCC(=O)Nc2c3c(nn2-c2ccccc2C)CSC3)cc1. The van der Waals surface area contributed by atoms with Crippen LogP contribution < -0.4 is 14.8 Å². The zero-order valence-corrected chi connectivity index (χ0v) is 16.6. The standard InChI is InChI=1S/C21H21N3O3S/c1-14-5-3-4-6-19(14)24-21(17-12-28-13-18(17)23-24)22-20(25)11-27-16-9-7-15(26-2)8-10-16/h3-10H,11-13H2,1-2H3,(H,22,25). The van der Waals surface area contributed by atoms with Gasteiger partial charge in [-0.15, -0.1) is 0 Å². The topological polar surface area (TPSA) is 65.4 Å². The highest BCUT2D eigenvalue weighted by Crippen LogP contribution is 2.36. The van der Waals surface area contributed by atoms with Crippen LogP contribution >= 0.6 is 11.8 Å². The molecule has 28 heavy (non-hydrogen) atoms. The number of carbonyl (C=O) groups is 1. The molecule has 1 aliphatic rings. The molecule has 1 aliphatic heterocycles. The van der Waals surface area contributed by atoms with Gasteiger partial charge in [-0.25, -0.2) is 4.68 Å². The number of amides is 1.